The van der Waals surface area contributed by atoms with E-state index in [4.69, 9.17) is 23.2 Å². The van der Waals surface area contributed by atoms with Gasteiger partial charge in [-0.2, -0.15) is 4.68 Å². The third-order valence-electron chi connectivity index (χ3n) is 5.37. The minimum Gasteiger partial charge on any atom is -0.342 e. The molecule has 29 heavy (non-hydrogen) atoms. The van der Waals surface area contributed by atoms with Gasteiger partial charge in [-0.15, -0.1) is 4.68 Å². The first kappa shape index (κ1) is 19.9. The van der Waals surface area contributed by atoms with Crippen molar-refractivity contribution in [3.63, 3.8) is 0 Å². The zero-order valence-corrected chi connectivity index (χ0v) is 17.1. The molecule has 0 spiro atoms. The molecule has 0 saturated carbocycles. The molecule has 2 fully saturated rings. The summed E-state index contributed by atoms with van der Waals surface area (Å²) >= 11 is 12.3. The lowest BCUT2D eigenvalue weighted by Gasteiger charge is -2.33. The predicted octanol–water partition coefficient (Wildman–Crippen LogP) is 2.04. The van der Waals surface area contributed by atoms with Crippen molar-refractivity contribution in [1.29, 1.82) is 0 Å². The van der Waals surface area contributed by atoms with Gasteiger partial charge in [0, 0.05) is 26.2 Å². The van der Waals surface area contributed by atoms with Crippen LogP contribution >= 0.6 is 23.2 Å². The van der Waals surface area contributed by atoms with Gasteiger partial charge in [0.2, 0.25) is 5.91 Å². The Balaban J connectivity index is 1.55. The largest absolute Gasteiger partial charge is 0.377 e. The van der Waals surface area contributed by atoms with E-state index in [1.165, 1.54) is 4.90 Å². The lowest BCUT2D eigenvalue weighted by Crippen LogP contribution is -2.49. The molecule has 2 aromatic rings. The van der Waals surface area contributed by atoms with Crippen LogP contribution in [0.2, 0.25) is 10.0 Å². The Morgan fingerprint density at radius 1 is 0.966 bits per heavy atom. The molecule has 11 heteroatoms. The van der Waals surface area contributed by atoms with Gasteiger partial charge < -0.3 is 9.80 Å². The second-order valence-corrected chi connectivity index (χ2v) is 8.07. The maximum Gasteiger partial charge on any atom is 0.377 e. The van der Waals surface area contributed by atoms with Crippen molar-refractivity contribution in [1.82, 2.24) is 29.6 Å². The van der Waals surface area contributed by atoms with Crippen LogP contribution in [0.15, 0.2) is 23.0 Å². The smallest absolute Gasteiger partial charge is 0.342 e. The zero-order valence-electron chi connectivity index (χ0n) is 15.6. The molecule has 154 valence electrons. The van der Waals surface area contributed by atoms with E-state index >= 15 is 0 Å². The first-order valence-corrected chi connectivity index (χ1v) is 10.3. The predicted molar refractivity (Wildman–Crippen MR) is 107 cm³/mol. The number of amides is 2. The molecule has 0 aliphatic carbocycles. The van der Waals surface area contributed by atoms with Crippen LogP contribution in [-0.2, 0) is 4.79 Å². The summed E-state index contributed by atoms with van der Waals surface area (Å²) in [6.07, 6.45) is 3.46. The Hall–Kier alpha value is -2.39. The van der Waals surface area contributed by atoms with Gasteiger partial charge in [0.25, 0.3) is 0 Å². The number of para-hydroxylation sites is 1. The molecule has 0 radical (unpaired) electrons. The van der Waals surface area contributed by atoms with E-state index in [-0.39, 0.29) is 34.1 Å². The molecular weight excluding hydrogens is 419 g/mol. The molecule has 0 N–H and O–H groups in total. The summed E-state index contributed by atoms with van der Waals surface area (Å²) in [4.78, 5) is 41.7. The Labute approximate surface area is 176 Å². The summed E-state index contributed by atoms with van der Waals surface area (Å²) in [5.74, 6) is -0.173. The Kier molecular flexibility index (Phi) is 5.60. The van der Waals surface area contributed by atoms with Gasteiger partial charge in [0.05, 0.1) is 16.0 Å². The van der Waals surface area contributed by atoms with Gasteiger partial charge in [-0.05, 0) is 48.2 Å². The number of hydrogen-bond donors (Lipinski definition) is 0. The standard InChI is InChI=1S/C18H20Cl2N6O3/c19-13-6-3-7-14(20)15(13)25-18(29)26(22-21-25)17(28)24-10-4-5-12(11-24)16(27)23-8-1-2-9-23/h3,6-7,12H,1-2,4-5,8-11H2. The van der Waals surface area contributed by atoms with E-state index < -0.39 is 11.7 Å². The minimum absolute atomic E-state index is 0.0823. The Morgan fingerprint density at radius 3 is 2.31 bits per heavy atom. The summed E-state index contributed by atoms with van der Waals surface area (Å²) in [6, 6.07) is 4.16. The fourth-order valence-corrected chi connectivity index (χ4v) is 4.44. The van der Waals surface area contributed by atoms with Crippen LogP contribution < -0.4 is 5.69 Å². The summed E-state index contributed by atoms with van der Waals surface area (Å²) < 4.78 is 1.59. The fraction of sp³-hybridized carbons (Fsp3) is 0.500. The van der Waals surface area contributed by atoms with Crippen molar-refractivity contribution < 1.29 is 9.59 Å². The number of benzene rings is 1. The second-order valence-electron chi connectivity index (χ2n) is 7.26. The Morgan fingerprint density at radius 2 is 1.62 bits per heavy atom. The van der Waals surface area contributed by atoms with Crippen LogP contribution in [-0.4, -0.2) is 67.7 Å². The normalized spacial score (nSPS) is 19.6. The number of aromatic nitrogens is 4. The van der Waals surface area contributed by atoms with Crippen molar-refractivity contribution in [2.75, 3.05) is 26.2 Å². The number of likely N-dealkylation sites (tertiary alicyclic amines) is 2. The molecule has 1 aromatic heterocycles. The minimum atomic E-state index is -0.766. The van der Waals surface area contributed by atoms with Crippen LogP contribution in [0.25, 0.3) is 5.69 Å². The third-order valence-corrected chi connectivity index (χ3v) is 5.98. The topological polar surface area (TPSA) is 93.3 Å². The van der Waals surface area contributed by atoms with Crippen LogP contribution in [0, 0.1) is 5.92 Å². The number of halogens is 2. The number of carbonyl (C=O) groups excluding carboxylic acids is 2. The maximum atomic E-state index is 12.9. The molecule has 2 aliphatic heterocycles. The van der Waals surface area contributed by atoms with E-state index in [1.54, 1.807) is 18.2 Å². The molecule has 1 unspecified atom stereocenters. The molecule has 2 saturated heterocycles. The number of piperidine rings is 1. The van der Waals surface area contributed by atoms with Crippen LogP contribution in [0.4, 0.5) is 4.79 Å². The third kappa shape index (κ3) is 3.76. The lowest BCUT2D eigenvalue weighted by molar-refractivity contribution is -0.135. The van der Waals surface area contributed by atoms with Gasteiger partial charge in [-0.3, -0.25) is 4.79 Å². The van der Waals surface area contributed by atoms with Gasteiger partial charge >= 0.3 is 11.7 Å². The Bertz CT molecular complexity index is 977. The van der Waals surface area contributed by atoms with Crippen LogP contribution in [0.1, 0.15) is 25.7 Å². The number of tetrazole rings is 1. The number of hydrogen-bond acceptors (Lipinski definition) is 5. The first-order valence-electron chi connectivity index (χ1n) is 9.55. The van der Waals surface area contributed by atoms with Crippen molar-refractivity contribution in [2.45, 2.75) is 25.7 Å². The van der Waals surface area contributed by atoms with E-state index in [2.05, 4.69) is 10.4 Å². The quantitative estimate of drug-likeness (QED) is 0.668. The van der Waals surface area contributed by atoms with Crippen molar-refractivity contribution in [3.8, 4) is 5.69 Å². The summed E-state index contributed by atoms with van der Waals surface area (Å²) in [5.41, 5.74) is -0.599. The lowest BCUT2D eigenvalue weighted by atomic mass is 9.97. The van der Waals surface area contributed by atoms with Crippen molar-refractivity contribution in [3.05, 3.63) is 38.7 Å². The highest BCUT2D eigenvalue weighted by Gasteiger charge is 2.33. The monoisotopic (exact) mass is 438 g/mol. The average molecular weight is 439 g/mol. The maximum absolute atomic E-state index is 12.9. The van der Waals surface area contributed by atoms with Gasteiger partial charge in [-0.25, -0.2) is 9.59 Å². The molecule has 9 nitrogen and oxygen atoms in total. The van der Waals surface area contributed by atoms with Gasteiger partial charge in [0.15, 0.2) is 0 Å². The number of nitrogens with zero attached hydrogens (tertiary/aromatic N) is 6. The second kappa shape index (κ2) is 8.16. The highest BCUT2D eigenvalue weighted by atomic mass is 35.5. The molecule has 2 aliphatic rings. The molecule has 1 atom stereocenters. The average Bonchev–Trinajstić information content (AvgIpc) is 3.38. The summed E-state index contributed by atoms with van der Waals surface area (Å²) in [7, 11) is 0. The number of carbonyl (C=O) groups is 2. The SMILES string of the molecule is O=C(C1CCCN(C(=O)n2nnn(-c3c(Cl)cccc3Cl)c2=O)C1)N1CCCC1. The molecule has 1 aromatic carbocycles. The molecular formula is C18H20Cl2N6O3. The highest BCUT2D eigenvalue weighted by Crippen LogP contribution is 2.26. The fourth-order valence-electron chi connectivity index (χ4n) is 3.88. The molecule has 0 bridgehead atoms. The molecule has 4 rings (SSSR count). The molecule has 3 heterocycles. The highest BCUT2D eigenvalue weighted by molar-refractivity contribution is 6.37. The summed E-state index contributed by atoms with van der Waals surface area (Å²) in [6.45, 7) is 2.26. The zero-order chi connectivity index (χ0) is 20.5. The van der Waals surface area contributed by atoms with E-state index in [9.17, 15) is 14.4 Å². The van der Waals surface area contributed by atoms with Crippen molar-refractivity contribution >= 4 is 35.1 Å². The number of rotatable bonds is 2. The van der Waals surface area contributed by atoms with E-state index in [0.29, 0.717) is 17.6 Å². The van der Waals surface area contributed by atoms with Crippen LogP contribution in [0.5, 0.6) is 0 Å². The summed E-state index contributed by atoms with van der Waals surface area (Å²) in [5, 5.41) is 7.91. The van der Waals surface area contributed by atoms with Gasteiger partial charge in [-0.1, -0.05) is 29.3 Å². The molecule has 2 amide bonds. The van der Waals surface area contributed by atoms with Crippen LogP contribution in [0.3, 0.4) is 0 Å². The van der Waals surface area contributed by atoms with E-state index in [0.717, 1.165) is 37.0 Å². The van der Waals surface area contributed by atoms with E-state index in [1.807, 2.05) is 4.90 Å². The van der Waals surface area contributed by atoms with Gasteiger partial charge in [0.1, 0.15) is 5.69 Å². The van der Waals surface area contributed by atoms with Crippen molar-refractivity contribution in [2.24, 2.45) is 5.92 Å². The first-order chi connectivity index (χ1) is 14.0.